The van der Waals surface area contributed by atoms with Crippen LogP contribution in [0.4, 0.5) is 28.4 Å². The molecule has 0 saturated carbocycles. The quantitative estimate of drug-likeness (QED) is 0.458. The van der Waals surface area contributed by atoms with Crippen LogP contribution in [0.3, 0.4) is 0 Å². The molecule has 176 valence electrons. The summed E-state index contributed by atoms with van der Waals surface area (Å²) in [6.45, 7) is 5.17. The Morgan fingerprint density at radius 1 is 1.06 bits per heavy atom. The summed E-state index contributed by atoms with van der Waals surface area (Å²) in [5, 5.41) is 9.28. The average molecular weight is 462 g/mol. The standard InChI is InChI=1S/C24H27N7O3/c1-30-9-11-31(12-10-30)17-4-2-16(3-5-17)28-24(33)21-18(6-7-27-23(21)32)29-19-14-25-15-20-22(19)26-8-13-34-20/h2-7,14-15,26H,8-13H2,1H3,(H,28,33)(H2,27,29,32). The molecule has 2 aromatic heterocycles. The van der Waals surface area contributed by atoms with Crippen LogP contribution in [0.25, 0.3) is 0 Å². The molecule has 0 spiro atoms. The number of hydrogen-bond donors (Lipinski definition) is 4. The summed E-state index contributed by atoms with van der Waals surface area (Å²) in [7, 11) is 2.12. The molecule has 1 aromatic carbocycles. The molecular weight excluding hydrogens is 434 g/mol. The molecule has 0 unspecified atom stereocenters. The van der Waals surface area contributed by atoms with Gasteiger partial charge in [-0.25, -0.2) is 0 Å². The number of amides is 1. The Kier molecular flexibility index (Phi) is 6.05. The van der Waals surface area contributed by atoms with E-state index in [1.807, 2.05) is 24.3 Å². The Balaban J connectivity index is 1.34. The average Bonchev–Trinajstić information content (AvgIpc) is 2.85. The highest BCUT2D eigenvalue weighted by Gasteiger charge is 2.20. The van der Waals surface area contributed by atoms with E-state index in [9.17, 15) is 9.59 Å². The number of aromatic amines is 1. The molecule has 4 heterocycles. The van der Waals surface area contributed by atoms with Gasteiger partial charge in [0.15, 0.2) is 5.75 Å². The van der Waals surface area contributed by atoms with Gasteiger partial charge in [0, 0.05) is 50.3 Å². The number of nitrogens with one attached hydrogen (secondary N) is 4. The maximum atomic E-state index is 13.1. The van der Waals surface area contributed by atoms with Crippen LogP contribution in [0.15, 0.2) is 53.7 Å². The molecule has 0 aliphatic carbocycles. The Hall–Kier alpha value is -4.05. The Labute approximate surface area is 196 Å². The van der Waals surface area contributed by atoms with Crippen LogP contribution in [-0.2, 0) is 0 Å². The number of hydrogen-bond acceptors (Lipinski definition) is 8. The summed E-state index contributed by atoms with van der Waals surface area (Å²) in [6.07, 6.45) is 4.75. The number of H-pyrrole nitrogens is 1. The van der Waals surface area contributed by atoms with Crippen molar-refractivity contribution < 1.29 is 9.53 Å². The minimum Gasteiger partial charge on any atom is -0.488 e. The topological polar surface area (TPSA) is 115 Å². The molecule has 3 aromatic rings. The number of anilines is 5. The molecular formula is C24H27N7O3. The van der Waals surface area contributed by atoms with E-state index in [4.69, 9.17) is 4.74 Å². The first kappa shape index (κ1) is 21.8. The van der Waals surface area contributed by atoms with E-state index >= 15 is 0 Å². The summed E-state index contributed by atoms with van der Waals surface area (Å²) < 4.78 is 5.62. The monoisotopic (exact) mass is 461 g/mol. The minimum atomic E-state index is -0.501. The Morgan fingerprint density at radius 3 is 2.65 bits per heavy atom. The van der Waals surface area contributed by atoms with Gasteiger partial charge in [-0.15, -0.1) is 0 Å². The number of carbonyl (C=O) groups excluding carboxylic acids is 1. The number of pyridine rings is 2. The number of ether oxygens (including phenoxy) is 1. The third-order valence-electron chi connectivity index (χ3n) is 6.02. The Bertz CT molecular complexity index is 1230. The molecule has 1 fully saturated rings. The predicted octanol–water partition coefficient (Wildman–Crippen LogP) is 2.32. The molecule has 5 rings (SSSR count). The van der Waals surface area contributed by atoms with Crippen molar-refractivity contribution in [3.05, 3.63) is 64.8 Å². The number of benzene rings is 1. The second-order valence-electron chi connectivity index (χ2n) is 8.35. The van der Waals surface area contributed by atoms with Gasteiger partial charge < -0.3 is 35.5 Å². The molecule has 34 heavy (non-hydrogen) atoms. The van der Waals surface area contributed by atoms with E-state index < -0.39 is 11.5 Å². The largest absolute Gasteiger partial charge is 0.488 e. The molecule has 1 saturated heterocycles. The number of nitrogens with zero attached hydrogens (tertiary/aromatic N) is 3. The highest BCUT2D eigenvalue weighted by atomic mass is 16.5. The lowest BCUT2D eigenvalue weighted by molar-refractivity contribution is 0.102. The van der Waals surface area contributed by atoms with Crippen molar-refractivity contribution in [2.24, 2.45) is 0 Å². The number of rotatable bonds is 5. The van der Waals surface area contributed by atoms with E-state index in [2.05, 4.69) is 42.8 Å². The van der Waals surface area contributed by atoms with Crippen molar-refractivity contribution in [2.45, 2.75) is 0 Å². The van der Waals surface area contributed by atoms with Crippen molar-refractivity contribution in [2.75, 3.05) is 67.2 Å². The van der Waals surface area contributed by atoms with Gasteiger partial charge >= 0.3 is 0 Å². The van der Waals surface area contributed by atoms with E-state index in [0.717, 1.165) is 37.6 Å². The summed E-state index contributed by atoms with van der Waals surface area (Å²) >= 11 is 0. The zero-order valence-electron chi connectivity index (χ0n) is 18.9. The fourth-order valence-corrected chi connectivity index (χ4v) is 4.13. The number of likely N-dealkylation sites (N-methyl/N-ethyl adjacent to an activating group) is 1. The summed E-state index contributed by atoms with van der Waals surface area (Å²) in [5.41, 5.74) is 2.96. The highest BCUT2D eigenvalue weighted by Crippen LogP contribution is 2.35. The maximum Gasteiger partial charge on any atom is 0.263 e. The number of aromatic nitrogens is 2. The fourth-order valence-electron chi connectivity index (χ4n) is 4.13. The molecule has 0 atom stereocenters. The molecule has 2 aliphatic rings. The van der Waals surface area contributed by atoms with Gasteiger partial charge in [-0.05, 0) is 37.4 Å². The number of carbonyl (C=O) groups is 1. The van der Waals surface area contributed by atoms with Crippen LogP contribution in [0, 0.1) is 0 Å². The van der Waals surface area contributed by atoms with Gasteiger partial charge in [-0.3, -0.25) is 14.6 Å². The van der Waals surface area contributed by atoms with Gasteiger partial charge in [0.25, 0.3) is 11.5 Å². The van der Waals surface area contributed by atoms with Crippen LogP contribution in [-0.4, -0.2) is 67.2 Å². The first-order valence-electron chi connectivity index (χ1n) is 11.3. The van der Waals surface area contributed by atoms with Crippen molar-refractivity contribution in [1.29, 1.82) is 0 Å². The van der Waals surface area contributed by atoms with Crippen LogP contribution in [0.5, 0.6) is 5.75 Å². The first-order chi connectivity index (χ1) is 16.6. The van der Waals surface area contributed by atoms with Crippen LogP contribution in [0.2, 0.25) is 0 Å². The van der Waals surface area contributed by atoms with E-state index in [-0.39, 0.29) is 5.56 Å². The predicted molar refractivity (Wildman–Crippen MR) is 133 cm³/mol. The van der Waals surface area contributed by atoms with E-state index in [1.165, 1.54) is 6.20 Å². The Morgan fingerprint density at radius 2 is 1.85 bits per heavy atom. The van der Waals surface area contributed by atoms with Crippen molar-refractivity contribution in [3.8, 4) is 5.75 Å². The van der Waals surface area contributed by atoms with Gasteiger partial charge in [0.1, 0.15) is 17.9 Å². The third-order valence-corrected chi connectivity index (χ3v) is 6.02. The zero-order valence-corrected chi connectivity index (χ0v) is 18.9. The minimum absolute atomic E-state index is 0.0139. The van der Waals surface area contributed by atoms with Gasteiger partial charge in [-0.1, -0.05) is 0 Å². The molecule has 0 bridgehead atoms. The molecule has 2 aliphatic heterocycles. The number of fused-ring (bicyclic) bond motifs is 1. The number of piperazine rings is 1. The van der Waals surface area contributed by atoms with Gasteiger partial charge in [0.05, 0.1) is 23.8 Å². The maximum absolute atomic E-state index is 13.1. The van der Waals surface area contributed by atoms with Crippen molar-refractivity contribution in [3.63, 3.8) is 0 Å². The fraction of sp³-hybridized carbons (Fsp3) is 0.292. The second-order valence-corrected chi connectivity index (χ2v) is 8.35. The van der Waals surface area contributed by atoms with Crippen LogP contribution < -0.4 is 31.1 Å². The van der Waals surface area contributed by atoms with E-state index in [0.29, 0.717) is 36.0 Å². The lowest BCUT2D eigenvalue weighted by atomic mass is 10.1. The molecule has 0 radical (unpaired) electrons. The third kappa shape index (κ3) is 4.53. The van der Waals surface area contributed by atoms with E-state index in [1.54, 1.807) is 18.5 Å². The van der Waals surface area contributed by atoms with Gasteiger partial charge in [-0.2, -0.15) is 0 Å². The SMILES string of the molecule is CN1CCN(c2ccc(NC(=O)c3c(Nc4cncc5c4NCCO5)cc[nH]c3=O)cc2)CC1. The molecule has 10 heteroatoms. The van der Waals surface area contributed by atoms with Crippen LogP contribution >= 0.6 is 0 Å². The summed E-state index contributed by atoms with van der Waals surface area (Å²) in [4.78, 5) is 37.1. The molecule has 4 N–H and O–H groups in total. The van der Waals surface area contributed by atoms with Crippen LogP contribution in [0.1, 0.15) is 10.4 Å². The first-order valence-corrected chi connectivity index (χ1v) is 11.3. The normalized spacial score (nSPS) is 15.6. The highest BCUT2D eigenvalue weighted by molar-refractivity contribution is 6.08. The van der Waals surface area contributed by atoms with Gasteiger partial charge in [0.2, 0.25) is 0 Å². The van der Waals surface area contributed by atoms with Crippen molar-refractivity contribution >= 4 is 34.3 Å². The molecule has 10 nitrogen and oxygen atoms in total. The molecule has 1 amide bonds. The lowest BCUT2D eigenvalue weighted by Gasteiger charge is -2.34. The summed E-state index contributed by atoms with van der Waals surface area (Å²) in [6, 6.07) is 9.34. The lowest BCUT2D eigenvalue weighted by Crippen LogP contribution is -2.44. The van der Waals surface area contributed by atoms with Crippen molar-refractivity contribution in [1.82, 2.24) is 14.9 Å². The smallest absolute Gasteiger partial charge is 0.263 e. The summed E-state index contributed by atoms with van der Waals surface area (Å²) in [5.74, 6) is 0.117. The zero-order chi connectivity index (χ0) is 23.5. The second kappa shape index (κ2) is 9.44.